The van der Waals surface area contributed by atoms with Crippen LogP contribution in [0.2, 0.25) is 5.02 Å². The first-order valence-electron chi connectivity index (χ1n) is 6.74. The van der Waals surface area contributed by atoms with E-state index in [2.05, 4.69) is 19.9 Å². The highest BCUT2D eigenvalue weighted by Crippen LogP contribution is 2.40. The van der Waals surface area contributed by atoms with Crippen LogP contribution in [0.1, 0.15) is 33.1 Å². The van der Waals surface area contributed by atoms with E-state index in [1.54, 1.807) is 0 Å². The number of halogens is 1. The summed E-state index contributed by atoms with van der Waals surface area (Å²) >= 11 is 8.09. The van der Waals surface area contributed by atoms with E-state index in [4.69, 9.17) is 17.3 Å². The van der Waals surface area contributed by atoms with Crippen LogP contribution >= 0.6 is 23.4 Å². The summed E-state index contributed by atoms with van der Waals surface area (Å²) in [6.07, 6.45) is 3.64. The molecule has 2 rings (SSSR count). The van der Waals surface area contributed by atoms with E-state index in [0.717, 1.165) is 23.3 Å². The third kappa shape index (κ3) is 3.43. The molecule has 0 saturated heterocycles. The van der Waals surface area contributed by atoms with Crippen molar-refractivity contribution >= 4 is 23.4 Å². The maximum absolute atomic E-state index is 6.28. The molecule has 3 heteroatoms. The lowest BCUT2D eigenvalue weighted by molar-refractivity contribution is 0.266. The van der Waals surface area contributed by atoms with Gasteiger partial charge in [0.2, 0.25) is 0 Å². The third-order valence-electron chi connectivity index (χ3n) is 3.94. The molecule has 2 N–H and O–H groups in total. The molecule has 0 bridgehead atoms. The molecule has 100 valence electrons. The first-order chi connectivity index (χ1) is 8.58. The van der Waals surface area contributed by atoms with Crippen LogP contribution in [0.25, 0.3) is 0 Å². The Hall–Kier alpha value is -0.180. The zero-order valence-corrected chi connectivity index (χ0v) is 12.7. The van der Waals surface area contributed by atoms with Gasteiger partial charge in [-0.3, -0.25) is 0 Å². The molecule has 1 fully saturated rings. The largest absolute Gasteiger partial charge is 0.327 e. The average molecular weight is 284 g/mol. The number of rotatable bonds is 3. The molecule has 1 saturated carbocycles. The fraction of sp³-hybridized carbons (Fsp3) is 0.600. The van der Waals surface area contributed by atoms with Gasteiger partial charge < -0.3 is 5.73 Å². The number of hydrogen-bond donors (Lipinski definition) is 1. The SMILES string of the molecule is CC(C)C1CCC(N)C(Sc2ccccc2Cl)C1. The molecular weight excluding hydrogens is 262 g/mol. The van der Waals surface area contributed by atoms with Crippen molar-refractivity contribution in [2.24, 2.45) is 17.6 Å². The normalized spacial score (nSPS) is 28.6. The highest BCUT2D eigenvalue weighted by Gasteiger charge is 2.30. The maximum atomic E-state index is 6.28. The molecule has 1 aromatic rings. The molecule has 0 radical (unpaired) electrons. The van der Waals surface area contributed by atoms with Gasteiger partial charge in [-0.15, -0.1) is 11.8 Å². The second-order valence-corrected chi connectivity index (χ2v) is 7.26. The van der Waals surface area contributed by atoms with Gasteiger partial charge in [0, 0.05) is 16.2 Å². The minimum Gasteiger partial charge on any atom is -0.327 e. The van der Waals surface area contributed by atoms with Gasteiger partial charge in [-0.05, 0) is 43.2 Å². The molecule has 1 nitrogen and oxygen atoms in total. The number of thioether (sulfide) groups is 1. The molecule has 3 atom stereocenters. The number of benzene rings is 1. The summed E-state index contributed by atoms with van der Waals surface area (Å²) in [4.78, 5) is 1.17. The second-order valence-electron chi connectivity index (χ2n) is 5.57. The lowest BCUT2D eigenvalue weighted by Gasteiger charge is -2.35. The second kappa shape index (κ2) is 6.31. The van der Waals surface area contributed by atoms with E-state index in [1.807, 2.05) is 30.0 Å². The minimum atomic E-state index is 0.307. The first-order valence-corrected chi connectivity index (χ1v) is 8.00. The molecule has 1 aliphatic rings. The molecule has 1 aromatic carbocycles. The Kier molecular flexibility index (Phi) is 4.99. The van der Waals surface area contributed by atoms with Gasteiger partial charge >= 0.3 is 0 Å². The van der Waals surface area contributed by atoms with Crippen LogP contribution in [-0.4, -0.2) is 11.3 Å². The maximum Gasteiger partial charge on any atom is 0.0541 e. The predicted molar refractivity (Wildman–Crippen MR) is 81.3 cm³/mol. The lowest BCUT2D eigenvalue weighted by Crippen LogP contribution is -2.39. The number of nitrogens with two attached hydrogens (primary N) is 1. The van der Waals surface area contributed by atoms with Gasteiger partial charge in [-0.1, -0.05) is 37.6 Å². The Morgan fingerprint density at radius 2 is 2.00 bits per heavy atom. The van der Waals surface area contributed by atoms with E-state index in [9.17, 15) is 0 Å². The zero-order valence-electron chi connectivity index (χ0n) is 11.1. The van der Waals surface area contributed by atoms with Crippen LogP contribution in [0, 0.1) is 11.8 Å². The summed E-state index contributed by atoms with van der Waals surface area (Å²) in [5.74, 6) is 1.57. The zero-order chi connectivity index (χ0) is 13.1. The molecule has 0 amide bonds. The lowest BCUT2D eigenvalue weighted by atomic mass is 9.79. The monoisotopic (exact) mass is 283 g/mol. The van der Waals surface area contributed by atoms with Crippen molar-refractivity contribution in [3.8, 4) is 0 Å². The standard InChI is InChI=1S/C15H22ClNS/c1-10(2)11-7-8-13(17)15(9-11)18-14-6-4-3-5-12(14)16/h3-6,10-11,13,15H,7-9,17H2,1-2H3. The van der Waals surface area contributed by atoms with Crippen molar-refractivity contribution in [2.45, 2.75) is 49.3 Å². The van der Waals surface area contributed by atoms with E-state index >= 15 is 0 Å². The fourth-order valence-electron chi connectivity index (χ4n) is 2.63. The van der Waals surface area contributed by atoms with E-state index in [0.29, 0.717) is 11.3 Å². The Morgan fingerprint density at radius 3 is 2.67 bits per heavy atom. The van der Waals surface area contributed by atoms with E-state index in [1.165, 1.54) is 17.7 Å². The van der Waals surface area contributed by atoms with E-state index < -0.39 is 0 Å². The van der Waals surface area contributed by atoms with Crippen molar-refractivity contribution in [1.82, 2.24) is 0 Å². The van der Waals surface area contributed by atoms with Crippen molar-refractivity contribution in [3.05, 3.63) is 29.3 Å². The summed E-state index contributed by atoms with van der Waals surface area (Å²) in [6, 6.07) is 8.38. The molecule has 0 aliphatic heterocycles. The van der Waals surface area contributed by atoms with Gasteiger partial charge in [0.05, 0.1) is 5.02 Å². The molecule has 0 aromatic heterocycles. The Morgan fingerprint density at radius 1 is 1.28 bits per heavy atom. The summed E-state index contributed by atoms with van der Waals surface area (Å²) in [5.41, 5.74) is 6.28. The van der Waals surface area contributed by atoms with Gasteiger partial charge in [0.1, 0.15) is 0 Å². The summed E-state index contributed by atoms with van der Waals surface area (Å²) in [6.45, 7) is 4.64. The first kappa shape index (κ1) is 14.2. The number of hydrogen-bond acceptors (Lipinski definition) is 2. The van der Waals surface area contributed by atoms with Gasteiger partial charge in [0.15, 0.2) is 0 Å². The minimum absolute atomic E-state index is 0.307. The topological polar surface area (TPSA) is 26.0 Å². The Balaban J connectivity index is 2.05. The Bertz CT molecular complexity index is 394. The fourth-order valence-corrected chi connectivity index (χ4v) is 4.22. The van der Waals surface area contributed by atoms with Crippen LogP contribution in [-0.2, 0) is 0 Å². The molecular formula is C15H22ClNS. The molecule has 0 heterocycles. The van der Waals surface area contributed by atoms with Gasteiger partial charge in [-0.2, -0.15) is 0 Å². The van der Waals surface area contributed by atoms with E-state index in [-0.39, 0.29) is 0 Å². The van der Waals surface area contributed by atoms with Crippen molar-refractivity contribution in [3.63, 3.8) is 0 Å². The average Bonchev–Trinajstić information content (AvgIpc) is 2.34. The smallest absolute Gasteiger partial charge is 0.0541 e. The van der Waals surface area contributed by atoms with Gasteiger partial charge in [-0.25, -0.2) is 0 Å². The quantitative estimate of drug-likeness (QED) is 0.878. The van der Waals surface area contributed by atoms with Crippen molar-refractivity contribution in [2.75, 3.05) is 0 Å². The van der Waals surface area contributed by atoms with Crippen LogP contribution in [0.5, 0.6) is 0 Å². The summed E-state index contributed by atoms with van der Waals surface area (Å²) in [5, 5.41) is 1.35. The van der Waals surface area contributed by atoms with Crippen LogP contribution < -0.4 is 5.73 Å². The van der Waals surface area contributed by atoms with Crippen LogP contribution in [0.15, 0.2) is 29.2 Å². The molecule has 18 heavy (non-hydrogen) atoms. The third-order valence-corrected chi connectivity index (χ3v) is 5.84. The van der Waals surface area contributed by atoms with Crippen molar-refractivity contribution in [1.29, 1.82) is 0 Å². The summed E-state index contributed by atoms with van der Waals surface area (Å²) < 4.78 is 0. The predicted octanol–water partition coefficient (Wildman–Crippen LogP) is 4.58. The van der Waals surface area contributed by atoms with Gasteiger partial charge in [0.25, 0.3) is 0 Å². The molecule has 3 unspecified atom stereocenters. The highest BCUT2D eigenvalue weighted by molar-refractivity contribution is 8.00. The Labute approximate surface area is 119 Å². The molecule has 1 aliphatic carbocycles. The van der Waals surface area contributed by atoms with Crippen LogP contribution in [0.4, 0.5) is 0 Å². The molecule has 0 spiro atoms. The van der Waals surface area contributed by atoms with Crippen LogP contribution in [0.3, 0.4) is 0 Å². The highest BCUT2D eigenvalue weighted by atomic mass is 35.5. The summed E-state index contributed by atoms with van der Waals surface area (Å²) in [7, 11) is 0. The van der Waals surface area contributed by atoms with Crippen molar-refractivity contribution < 1.29 is 0 Å².